The van der Waals surface area contributed by atoms with Crippen LogP contribution < -0.4 is 10.1 Å². The molecule has 0 fully saturated rings. The van der Waals surface area contributed by atoms with Crippen molar-refractivity contribution in [3.63, 3.8) is 0 Å². The van der Waals surface area contributed by atoms with Gasteiger partial charge in [-0.2, -0.15) is 0 Å². The quantitative estimate of drug-likeness (QED) is 0.771. The van der Waals surface area contributed by atoms with Crippen LogP contribution in [0.25, 0.3) is 0 Å². The molecule has 1 unspecified atom stereocenters. The lowest BCUT2D eigenvalue weighted by atomic mass is 10.0. The van der Waals surface area contributed by atoms with E-state index in [9.17, 15) is 0 Å². The summed E-state index contributed by atoms with van der Waals surface area (Å²) in [7, 11) is 0. The first-order valence-corrected chi connectivity index (χ1v) is 8.54. The predicted octanol–water partition coefficient (Wildman–Crippen LogP) is 4.80. The van der Waals surface area contributed by atoms with Gasteiger partial charge in [0.25, 0.3) is 0 Å². The Morgan fingerprint density at radius 3 is 2.45 bits per heavy atom. The first-order chi connectivity index (χ1) is 9.72. The van der Waals surface area contributed by atoms with E-state index in [0.717, 1.165) is 18.7 Å². The molecule has 1 aromatic carbocycles. The number of nitrogens with one attached hydrogen (secondary N) is 1. The minimum Gasteiger partial charge on any atom is -0.494 e. The van der Waals surface area contributed by atoms with Crippen LogP contribution in [0.3, 0.4) is 0 Å². The lowest BCUT2D eigenvalue weighted by Gasteiger charge is -2.18. The van der Waals surface area contributed by atoms with Crippen molar-refractivity contribution in [2.24, 2.45) is 0 Å². The van der Waals surface area contributed by atoms with Crippen LogP contribution in [0, 0.1) is 0 Å². The highest BCUT2D eigenvalue weighted by Crippen LogP contribution is 2.27. The highest BCUT2D eigenvalue weighted by atomic mass is 79.9. The molecule has 0 aliphatic carbocycles. The summed E-state index contributed by atoms with van der Waals surface area (Å²) >= 11 is 5.33. The summed E-state index contributed by atoms with van der Waals surface area (Å²) in [6.45, 7) is 5.82. The number of halogens is 1. The van der Waals surface area contributed by atoms with Crippen LogP contribution in [0.1, 0.15) is 30.3 Å². The van der Waals surface area contributed by atoms with Gasteiger partial charge in [0.05, 0.1) is 10.4 Å². The standard InChI is InChI=1S/C16H20BrNOS/c1-3-18-15(11-14-9-10-16(17)20-14)12-5-7-13(8-6-12)19-4-2/h5-10,15,18H,3-4,11H2,1-2H3. The molecule has 108 valence electrons. The number of ether oxygens (including phenoxy) is 1. The molecule has 0 aliphatic rings. The Balaban J connectivity index is 2.10. The van der Waals surface area contributed by atoms with Crippen LogP contribution in [-0.4, -0.2) is 13.2 Å². The normalized spacial score (nSPS) is 12.3. The molecule has 20 heavy (non-hydrogen) atoms. The Kier molecular flexibility index (Phi) is 6.07. The van der Waals surface area contributed by atoms with Crippen LogP contribution >= 0.6 is 27.3 Å². The molecular weight excluding hydrogens is 334 g/mol. The molecule has 1 atom stereocenters. The molecule has 1 aromatic heterocycles. The highest BCUT2D eigenvalue weighted by Gasteiger charge is 2.12. The van der Waals surface area contributed by atoms with Crippen LogP contribution in [0.5, 0.6) is 5.75 Å². The summed E-state index contributed by atoms with van der Waals surface area (Å²) in [5.41, 5.74) is 1.31. The number of hydrogen-bond acceptors (Lipinski definition) is 3. The summed E-state index contributed by atoms with van der Waals surface area (Å²) in [5, 5.41) is 3.56. The van der Waals surface area contributed by atoms with Gasteiger partial charge in [-0.1, -0.05) is 19.1 Å². The molecule has 0 saturated heterocycles. The van der Waals surface area contributed by atoms with E-state index < -0.39 is 0 Å². The van der Waals surface area contributed by atoms with Gasteiger partial charge in [-0.15, -0.1) is 11.3 Å². The van der Waals surface area contributed by atoms with E-state index >= 15 is 0 Å². The lowest BCUT2D eigenvalue weighted by molar-refractivity contribution is 0.340. The fourth-order valence-electron chi connectivity index (χ4n) is 2.18. The van der Waals surface area contributed by atoms with Crippen molar-refractivity contribution in [3.05, 3.63) is 50.6 Å². The van der Waals surface area contributed by atoms with Crippen molar-refractivity contribution >= 4 is 27.3 Å². The van der Waals surface area contributed by atoms with E-state index in [4.69, 9.17) is 4.74 Å². The van der Waals surface area contributed by atoms with Crippen LogP contribution in [0.2, 0.25) is 0 Å². The van der Waals surface area contributed by atoms with Gasteiger partial charge in [-0.05, 0) is 59.2 Å². The second-order valence-corrected chi connectivity index (χ2v) is 7.07. The number of benzene rings is 1. The number of thiophene rings is 1. The second kappa shape index (κ2) is 7.81. The Hall–Kier alpha value is -0.840. The van der Waals surface area contributed by atoms with Gasteiger partial charge in [0.15, 0.2) is 0 Å². The molecule has 0 saturated carbocycles. The van der Waals surface area contributed by atoms with Crippen molar-refractivity contribution in [1.29, 1.82) is 0 Å². The largest absolute Gasteiger partial charge is 0.494 e. The zero-order valence-corrected chi connectivity index (χ0v) is 14.3. The van der Waals surface area contributed by atoms with Gasteiger partial charge in [-0.25, -0.2) is 0 Å². The monoisotopic (exact) mass is 353 g/mol. The van der Waals surface area contributed by atoms with E-state index in [1.807, 2.05) is 19.1 Å². The molecule has 4 heteroatoms. The maximum atomic E-state index is 5.50. The van der Waals surface area contributed by atoms with E-state index in [1.165, 1.54) is 14.2 Å². The number of rotatable bonds is 7. The van der Waals surface area contributed by atoms with Gasteiger partial charge in [0, 0.05) is 17.3 Å². The van der Waals surface area contributed by atoms with Crippen LogP contribution in [0.4, 0.5) is 0 Å². The minimum absolute atomic E-state index is 0.348. The topological polar surface area (TPSA) is 21.3 Å². The molecule has 1 N–H and O–H groups in total. The molecule has 2 nitrogen and oxygen atoms in total. The van der Waals surface area contributed by atoms with Crippen molar-refractivity contribution in [3.8, 4) is 5.75 Å². The van der Waals surface area contributed by atoms with Crippen LogP contribution in [0.15, 0.2) is 40.2 Å². The summed E-state index contributed by atoms with van der Waals surface area (Å²) in [4.78, 5) is 1.39. The van der Waals surface area contributed by atoms with Gasteiger partial charge < -0.3 is 10.1 Å². The maximum absolute atomic E-state index is 5.50. The third-order valence-electron chi connectivity index (χ3n) is 3.08. The van der Waals surface area contributed by atoms with E-state index in [-0.39, 0.29) is 0 Å². The first kappa shape index (κ1) is 15.5. The maximum Gasteiger partial charge on any atom is 0.119 e. The van der Waals surface area contributed by atoms with E-state index in [1.54, 1.807) is 11.3 Å². The molecule has 0 amide bonds. The van der Waals surface area contributed by atoms with E-state index in [2.05, 4.69) is 52.4 Å². The zero-order valence-electron chi connectivity index (χ0n) is 11.9. The Morgan fingerprint density at radius 2 is 1.90 bits per heavy atom. The van der Waals surface area contributed by atoms with Gasteiger partial charge >= 0.3 is 0 Å². The molecule has 2 rings (SSSR count). The lowest BCUT2D eigenvalue weighted by Crippen LogP contribution is -2.22. The molecule has 0 radical (unpaired) electrons. The second-order valence-electron chi connectivity index (χ2n) is 4.52. The molecule has 0 aliphatic heterocycles. The van der Waals surface area contributed by atoms with Crippen molar-refractivity contribution in [2.75, 3.05) is 13.2 Å². The SMILES string of the molecule is CCNC(Cc1ccc(Br)s1)c1ccc(OCC)cc1. The predicted molar refractivity (Wildman–Crippen MR) is 89.8 cm³/mol. The van der Waals surface area contributed by atoms with E-state index in [0.29, 0.717) is 12.6 Å². The van der Waals surface area contributed by atoms with Crippen LogP contribution in [-0.2, 0) is 6.42 Å². The summed E-state index contributed by atoms with van der Waals surface area (Å²) in [6, 6.07) is 13.1. The third kappa shape index (κ3) is 4.33. The van der Waals surface area contributed by atoms with Crippen molar-refractivity contribution < 1.29 is 4.74 Å². The molecular formula is C16H20BrNOS. The zero-order chi connectivity index (χ0) is 14.4. The average molecular weight is 354 g/mol. The Morgan fingerprint density at radius 1 is 1.15 bits per heavy atom. The fourth-order valence-corrected chi connectivity index (χ4v) is 3.71. The van der Waals surface area contributed by atoms with Crippen molar-refractivity contribution in [2.45, 2.75) is 26.3 Å². The summed E-state index contributed by atoms with van der Waals surface area (Å²) < 4.78 is 6.69. The third-order valence-corrected chi connectivity index (χ3v) is 4.72. The molecule has 0 spiro atoms. The number of likely N-dealkylation sites (N-methyl/N-ethyl adjacent to an activating group) is 1. The summed E-state index contributed by atoms with van der Waals surface area (Å²) in [6.07, 6.45) is 1.01. The molecule has 2 aromatic rings. The van der Waals surface area contributed by atoms with Gasteiger partial charge in [-0.3, -0.25) is 0 Å². The van der Waals surface area contributed by atoms with Gasteiger partial charge in [0.1, 0.15) is 5.75 Å². The average Bonchev–Trinajstić information content (AvgIpc) is 2.85. The van der Waals surface area contributed by atoms with Gasteiger partial charge in [0.2, 0.25) is 0 Å². The smallest absolute Gasteiger partial charge is 0.119 e. The molecule has 0 bridgehead atoms. The fraction of sp³-hybridized carbons (Fsp3) is 0.375. The van der Waals surface area contributed by atoms with Crippen molar-refractivity contribution in [1.82, 2.24) is 5.32 Å². The summed E-state index contributed by atoms with van der Waals surface area (Å²) in [5.74, 6) is 0.936. The Labute approximate surface area is 133 Å². The Bertz CT molecular complexity index is 524. The highest BCUT2D eigenvalue weighted by molar-refractivity contribution is 9.11. The first-order valence-electron chi connectivity index (χ1n) is 6.93. The molecule has 1 heterocycles. The minimum atomic E-state index is 0.348. The number of hydrogen-bond donors (Lipinski definition) is 1.